The molecule has 1 aliphatic rings. The molecule has 0 bridgehead atoms. The highest BCUT2D eigenvalue weighted by atomic mass is 35.6. The van der Waals surface area contributed by atoms with Crippen molar-refractivity contribution in [1.29, 1.82) is 0 Å². The third-order valence-electron chi connectivity index (χ3n) is 5.13. The minimum Gasteiger partial charge on any atom is -0.493 e. The van der Waals surface area contributed by atoms with Gasteiger partial charge in [-0.3, -0.25) is 14.9 Å². The maximum atomic E-state index is 13.7. The summed E-state index contributed by atoms with van der Waals surface area (Å²) in [5.74, 6) is -1.17. The quantitative estimate of drug-likeness (QED) is 0.286. The van der Waals surface area contributed by atoms with Crippen molar-refractivity contribution in [3.63, 3.8) is 0 Å². The normalized spacial score (nSPS) is 15.2. The minimum atomic E-state index is -1.85. The molecular weight excluding hydrogens is 535 g/mol. The van der Waals surface area contributed by atoms with Gasteiger partial charge in [0.2, 0.25) is 3.79 Å². The number of methoxy groups -OCH3 is 1. The molecule has 0 radical (unpaired) electrons. The van der Waals surface area contributed by atoms with Gasteiger partial charge in [-0.25, -0.2) is 4.79 Å². The van der Waals surface area contributed by atoms with E-state index >= 15 is 0 Å². The first-order valence-electron chi connectivity index (χ1n) is 10.6. The molecule has 9 nitrogen and oxygen atoms in total. The Balaban J connectivity index is 2.01. The molecule has 1 atom stereocenters. The van der Waals surface area contributed by atoms with Crippen molar-refractivity contribution in [3.05, 3.63) is 59.8 Å². The van der Waals surface area contributed by atoms with Gasteiger partial charge in [-0.15, -0.1) is 0 Å². The van der Waals surface area contributed by atoms with Crippen LogP contribution < -0.4 is 14.8 Å². The Bertz CT molecular complexity index is 1170. The van der Waals surface area contributed by atoms with Gasteiger partial charge in [0, 0.05) is 19.2 Å². The summed E-state index contributed by atoms with van der Waals surface area (Å²) in [5, 5.41) is 12.4. The van der Waals surface area contributed by atoms with Gasteiger partial charge in [-0.2, -0.15) is 0 Å². The highest BCUT2D eigenvalue weighted by molar-refractivity contribution is 6.67. The topological polar surface area (TPSA) is 114 Å². The van der Waals surface area contributed by atoms with Crippen LogP contribution in [0.15, 0.2) is 48.7 Å². The number of alkyl halides is 3. The second kappa shape index (κ2) is 11.8. The summed E-state index contributed by atoms with van der Waals surface area (Å²) in [6.07, 6.45) is 1.05. The highest BCUT2D eigenvalue weighted by Gasteiger charge is 2.32. The molecule has 3 rings (SSSR count). The number of aliphatic hydroxyl groups is 1. The number of hydrogen-bond acceptors (Lipinski definition) is 7. The number of esters is 1. The third kappa shape index (κ3) is 7.04. The van der Waals surface area contributed by atoms with E-state index in [0.29, 0.717) is 6.42 Å². The Kier molecular flexibility index (Phi) is 9.08. The second-order valence-corrected chi connectivity index (χ2v) is 10.2. The summed E-state index contributed by atoms with van der Waals surface area (Å²) < 4.78 is 13.5. The highest BCUT2D eigenvalue weighted by Crippen LogP contribution is 2.37. The van der Waals surface area contributed by atoms with E-state index in [0.717, 1.165) is 11.1 Å². The molecule has 0 spiro atoms. The Morgan fingerprint density at radius 2 is 1.83 bits per heavy atom. The fraction of sp³-hybridized carbons (Fsp3) is 0.292. The predicted octanol–water partition coefficient (Wildman–Crippen LogP) is 4.79. The maximum absolute atomic E-state index is 13.7. The molecule has 2 amide bonds. The van der Waals surface area contributed by atoms with E-state index in [9.17, 15) is 19.5 Å². The maximum Gasteiger partial charge on any atom is 0.411 e. The van der Waals surface area contributed by atoms with E-state index in [1.165, 1.54) is 31.1 Å². The van der Waals surface area contributed by atoms with Crippen LogP contribution in [-0.4, -0.2) is 58.1 Å². The average molecular weight is 558 g/mol. The third-order valence-corrected chi connectivity index (χ3v) is 5.45. The molecule has 0 unspecified atom stereocenters. The fourth-order valence-corrected chi connectivity index (χ4v) is 3.73. The molecule has 0 saturated heterocycles. The van der Waals surface area contributed by atoms with Crippen LogP contribution in [0.3, 0.4) is 0 Å². The van der Waals surface area contributed by atoms with Crippen LogP contribution in [0.2, 0.25) is 0 Å². The van der Waals surface area contributed by atoms with Crippen LogP contribution in [0.1, 0.15) is 29.3 Å². The zero-order valence-corrected chi connectivity index (χ0v) is 21.6. The molecular formula is C24H23Cl3N2O7. The molecule has 12 heteroatoms. The van der Waals surface area contributed by atoms with Gasteiger partial charge in [0.05, 0.1) is 31.0 Å². The minimum absolute atomic E-state index is 0.0161. The van der Waals surface area contributed by atoms with Gasteiger partial charge >= 0.3 is 12.1 Å². The number of anilines is 1. The molecule has 192 valence electrons. The van der Waals surface area contributed by atoms with E-state index in [2.05, 4.69) is 5.32 Å². The number of nitrogens with one attached hydrogen (secondary N) is 1. The molecule has 2 N–H and O–H groups in total. The van der Waals surface area contributed by atoms with Crippen molar-refractivity contribution in [3.8, 4) is 11.5 Å². The summed E-state index contributed by atoms with van der Waals surface area (Å²) in [4.78, 5) is 39.0. The first kappa shape index (κ1) is 27.6. The molecule has 1 heterocycles. The van der Waals surface area contributed by atoms with Crippen LogP contribution in [0.4, 0.5) is 10.5 Å². The van der Waals surface area contributed by atoms with E-state index in [1.807, 2.05) is 30.3 Å². The first-order valence-corrected chi connectivity index (χ1v) is 11.8. The number of nitrogens with zero attached hydrogens (tertiary/aromatic N) is 1. The van der Waals surface area contributed by atoms with Crippen LogP contribution >= 0.6 is 34.8 Å². The molecule has 2 aromatic rings. The molecule has 2 aromatic carbocycles. The standard InChI is InChI=1S/C24H23Cl3N2O7/c1-14(31)36-21-10-19(28-23(33)35-13-24(25,26)27)18(9-20(21)34-2)22(32)29-11-16(8-17(29)12-30)15-6-4-3-5-7-15/h3-7,9-11,17,30H,8,12-13H2,1-2H3,(H,28,33)/t17-/m1/s1. The van der Waals surface area contributed by atoms with Crippen molar-refractivity contribution in [1.82, 2.24) is 4.90 Å². The summed E-state index contributed by atoms with van der Waals surface area (Å²) in [6, 6.07) is 11.4. The summed E-state index contributed by atoms with van der Waals surface area (Å²) >= 11 is 16.9. The van der Waals surface area contributed by atoms with Crippen molar-refractivity contribution >= 4 is 64.0 Å². The van der Waals surface area contributed by atoms with Gasteiger partial charge in [-0.1, -0.05) is 65.1 Å². The van der Waals surface area contributed by atoms with Crippen LogP contribution in [0.5, 0.6) is 11.5 Å². The Morgan fingerprint density at radius 1 is 1.14 bits per heavy atom. The fourth-order valence-electron chi connectivity index (χ4n) is 3.57. The molecule has 0 fully saturated rings. The summed E-state index contributed by atoms with van der Waals surface area (Å²) in [5.41, 5.74) is 1.69. The number of aliphatic hydroxyl groups excluding tert-OH is 1. The summed E-state index contributed by atoms with van der Waals surface area (Å²) in [7, 11) is 1.33. The lowest BCUT2D eigenvalue weighted by molar-refractivity contribution is -0.132. The van der Waals surface area contributed by atoms with Gasteiger partial charge in [-0.05, 0) is 23.6 Å². The van der Waals surface area contributed by atoms with Gasteiger partial charge < -0.3 is 24.2 Å². The molecule has 1 aliphatic heterocycles. The second-order valence-electron chi connectivity index (χ2n) is 7.73. The lowest BCUT2D eigenvalue weighted by atomic mass is 10.0. The zero-order chi connectivity index (χ0) is 26.5. The number of hydrogen-bond donors (Lipinski definition) is 2. The zero-order valence-electron chi connectivity index (χ0n) is 19.3. The van der Waals surface area contributed by atoms with Gasteiger partial charge in [0.15, 0.2) is 11.5 Å². The number of amides is 2. The number of ether oxygens (including phenoxy) is 3. The predicted molar refractivity (Wildman–Crippen MR) is 136 cm³/mol. The van der Waals surface area contributed by atoms with Gasteiger partial charge in [0.25, 0.3) is 5.91 Å². The Hall–Kier alpha value is -2.98. The Labute approximate surface area is 222 Å². The van der Waals surface area contributed by atoms with E-state index in [-0.39, 0.29) is 29.4 Å². The van der Waals surface area contributed by atoms with Crippen LogP contribution in [0.25, 0.3) is 5.57 Å². The van der Waals surface area contributed by atoms with Crippen LogP contribution in [0, 0.1) is 0 Å². The van der Waals surface area contributed by atoms with Crippen molar-refractivity contribution in [2.24, 2.45) is 0 Å². The van der Waals surface area contributed by atoms with E-state index in [1.54, 1.807) is 6.20 Å². The van der Waals surface area contributed by atoms with E-state index < -0.39 is 34.4 Å². The number of benzene rings is 2. The molecule has 0 saturated carbocycles. The Morgan fingerprint density at radius 3 is 2.42 bits per heavy atom. The lowest BCUT2D eigenvalue weighted by Crippen LogP contribution is -2.36. The number of carbonyl (C=O) groups excluding carboxylic acids is 3. The van der Waals surface area contributed by atoms with Crippen molar-refractivity contribution in [2.75, 3.05) is 25.6 Å². The summed E-state index contributed by atoms with van der Waals surface area (Å²) in [6.45, 7) is 0.337. The van der Waals surface area contributed by atoms with E-state index in [4.69, 9.17) is 49.0 Å². The average Bonchev–Trinajstić information content (AvgIpc) is 3.27. The number of carbonyl (C=O) groups is 3. The first-order chi connectivity index (χ1) is 17.0. The molecule has 0 aromatic heterocycles. The molecule has 36 heavy (non-hydrogen) atoms. The lowest BCUT2D eigenvalue weighted by Gasteiger charge is -2.24. The number of rotatable bonds is 7. The molecule has 0 aliphatic carbocycles. The van der Waals surface area contributed by atoms with Crippen molar-refractivity contribution in [2.45, 2.75) is 23.2 Å². The SMILES string of the molecule is COc1cc(C(=O)N2C=C(c3ccccc3)C[C@@H]2CO)c(NC(=O)OCC(Cl)(Cl)Cl)cc1OC(C)=O. The monoisotopic (exact) mass is 556 g/mol. The van der Waals surface area contributed by atoms with Gasteiger partial charge in [0.1, 0.15) is 6.61 Å². The smallest absolute Gasteiger partial charge is 0.411 e. The van der Waals surface area contributed by atoms with Crippen molar-refractivity contribution < 1.29 is 33.7 Å². The largest absolute Gasteiger partial charge is 0.493 e. The number of halogens is 3. The van der Waals surface area contributed by atoms with Crippen LogP contribution in [-0.2, 0) is 9.53 Å².